The Hall–Kier alpha value is -1.29. The molecule has 0 unspecified atom stereocenters. The highest BCUT2D eigenvalue weighted by molar-refractivity contribution is 7.91. The Morgan fingerprint density at radius 1 is 1.26 bits per heavy atom. The lowest BCUT2D eigenvalue weighted by molar-refractivity contribution is 0.586. The summed E-state index contributed by atoms with van der Waals surface area (Å²) in [6.45, 7) is 8.43. The largest absolute Gasteiger partial charge is 0.347 e. The summed E-state index contributed by atoms with van der Waals surface area (Å²) in [6, 6.07) is 6.11. The van der Waals surface area contributed by atoms with Gasteiger partial charge in [-0.1, -0.05) is 12.1 Å². The van der Waals surface area contributed by atoms with Crippen molar-refractivity contribution in [3.63, 3.8) is 0 Å². The van der Waals surface area contributed by atoms with Crippen LogP contribution in [0.4, 0.5) is 0 Å². The first-order valence-corrected chi connectivity index (χ1v) is 8.37. The number of rotatable bonds is 4. The fourth-order valence-corrected chi connectivity index (χ4v) is 3.37. The molecule has 2 aromatic rings. The summed E-state index contributed by atoms with van der Waals surface area (Å²) >= 11 is 0. The van der Waals surface area contributed by atoms with Crippen LogP contribution in [0.1, 0.15) is 31.9 Å². The number of nitrogens with zero attached hydrogens (tertiary/aromatic N) is 1. The number of benzene rings is 1. The average molecular weight is 279 g/mol. The van der Waals surface area contributed by atoms with Crippen LogP contribution in [-0.4, -0.2) is 18.2 Å². The zero-order chi connectivity index (χ0) is 14.2. The number of hydrogen-bond acceptors (Lipinski definition) is 2. The third-order valence-electron chi connectivity index (χ3n) is 3.61. The monoisotopic (exact) mass is 279 g/mol. The Labute approximate surface area is 115 Å². The maximum Gasteiger partial charge on any atom is 0.156 e. The fourth-order valence-electron chi connectivity index (χ4n) is 2.39. The average Bonchev–Trinajstić information content (AvgIpc) is 2.68. The summed E-state index contributed by atoms with van der Waals surface area (Å²) in [7, 11) is -3.07. The number of sulfone groups is 1. The van der Waals surface area contributed by atoms with Crippen molar-refractivity contribution in [2.24, 2.45) is 0 Å². The highest BCUT2D eigenvalue weighted by atomic mass is 32.2. The third-order valence-corrected chi connectivity index (χ3v) is 5.76. The first kappa shape index (κ1) is 14.1. The molecule has 0 spiro atoms. The van der Waals surface area contributed by atoms with Gasteiger partial charge in [-0.3, -0.25) is 0 Å². The highest BCUT2D eigenvalue weighted by Gasteiger charge is 2.20. The molecule has 0 saturated heterocycles. The van der Waals surface area contributed by atoms with E-state index in [9.17, 15) is 8.42 Å². The molecule has 0 atom stereocenters. The zero-order valence-electron chi connectivity index (χ0n) is 12.0. The van der Waals surface area contributed by atoms with Gasteiger partial charge in [-0.25, -0.2) is 8.42 Å². The third kappa shape index (κ3) is 2.54. The van der Waals surface area contributed by atoms with Crippen LogP contribution in [0.25, 0.3) is 10.9 Å². The first-order valence-electron chi connectivity index (χ1n) is 6.65. The van der Waals surface area contributed by atoms with Gasteiger partial charge in [0.2, 0.25) is 0 Å². The topological polar surface area (TPSA) is 39.1 Å². The maximum atomic E-state index is 12.1. The summed E-state index contributed by atoms with van der Waals surface area (Å²) in [5.41, 5.74) is 3.18. The van der Waals surface area contributed by atoms with Gasteiger partial charge in [0, 0.05) is 23.6 Å². The van der Waals surface area contributed by atoms with Gasteiger partial charge in [0.1, 0.15) is 0 Å². The molecule has 1 heterocycles. The van der Waals surface area contributed by atoms with Gasteiger partial charge in [0.25, 0.3) is 0 Å². The second-order valence-corrected chi connectivity index (χ2v) is 7.82. The van der Waals surface area contributed by atoms with Crippen molar-refractivity contribution < 1.29 is 8.42 Å². The molecule has 1 aromatic heterocycles. The second-order valence-electron chi connectivity index (χ2n) is 5.27. The second kappa shape index (κ2) is 5.00. The number of hydrogen-bond donors (Lipinski definition) is 0. The van der Waals surface area contributed by atoms with Gasteiger partial charge in [0.15, 0.2) is 9.84 Å². The van der Waals surface area contributed by atoms with Crippen molar-refractivity contribution in [1.29, 1.82) is 0 Å². The predicted octanol–water partition coefficient (Wildman–Crippen LogP) is 3.29. The van der Waals surface area contributed by atoms with E-state index in [1.807, 2.05) is 25.3 Å². The van der Waals surface area contributed by atoms with Crippen LogP contribution in [0, 0.1) is 6.92 Å². The molecule has 0 radical (unpaired) electrons. The van der Waals surface area contributed by atoms with Gasteiger partial charge in [-0.2, -0.15) is 0 Å². The smallest absolute Gasteiger partial charge is 0.156 e. The quantitative estimate of drug-likeness (QED) is 0.861. The SMILES string of the molecule is CCn1cc(CS(=O)(=O)C(C)C)c2c(C)cccc21. The molecule has 2 rings (SSSR count). The Morgan fingerprint density at radius 3 is 2.53 bits per heavy atom. The molecule has 0 bridgehead atoms. The van der Waals surface area contributed by atoms with E-state index in [0.29, 0.717) is 0 Å². The van der Waals surface area contributed by atoms with Gasteiger partial charge in [0.05, 0.1) is 11.0 Å². The van der Waals surface area contributed by atoms with Crippen LogP contribution in [0.15, 0.2) is 24.4 Å². The molecule has 0 fully saturated rings. The molecule has 1 aromatic carbocycles. The molecule has 0 saturated carbocycles. The standard InChI is InChI=1S/C15H21NO2S/c1-5-16-9-13(10-19(17,18)11(2)3)15-12(4)7-6-8-14(15)16/h6-9,11H,5,10H2,1-4H3. The van der Waals surface area contributed by atoms with Gasteiger partial charge >= 0.3 is 0 Å². The van der Waals surface area contributed by atoms with Crippen LogP contribution in [0.2, 0.25) is 0 Å². The molecule has 0 aliphatic heterocycles. The van der Waals surface area contributed by atoms with E-state index < -0.39 is 9.84 Å². The minimum atomic E-state index is -3.07. The zero-order valence-corrected chi connectivity index (χ0v) is 12.8. The first-order chi connectivity index (χ1) is 8.86. The van der Waals surface area contributed by atoms with Crippen molar-refractivity contribution in [2.75, 3.05) is 0 Å². The van der Waals surface area contributed by atoms with E-state index in [1.54, 1.807) is 13.8 Å². The van der Waals surface area contributed by atoms with Crippen LogP contribution in [0.3, 0.4) is 0 Å². The van der Waals surface area contributed by atoms with Crippen molar-refractivity contribution >= 4 is 20.7 Å². The maximum absolute atomic E-state index is 12.1. The van der Waals surface area contributed by atoms with Crippen LogP contribution < -0.4 is 0 Å². The molecular formula is C15H21NO2S. The number of aryl methyl sites for hydroxylation is 2. The van der Waals surface area contributed by atoms with E-state index in [0.717, 1.165) is 28.6 Å². The Bertz CT molecular complexity index is 696. The van der Waals surface area contributed by atoms with Crippen LogP contribution in [0.5, 0.6) is 0 Å². The molecular weight excluding hydrogens is 258 g/mol. The summed E-state index contributed by atoms with van der Waals surface area (Å²) < 4.78 is 26.4. The minimum absolute atomic E-state index is 0.124. The van der Waals surface area contributed by atoms with Crippen molar-refractivity contribution in [3.05, 3.63) is 35.5 Å². The summed E-state index contributed by atoms with van der Waals surface area (Å²) in [4.78, 5) is 0. The molecule has 0 aliphatic carbocycles. The predicted molar refractivity (Wildman–Crippen MR) is 80.1 cm³/mol. The summed E-state index contributed by atoms with van der Waals surface area (Å²) in [5.74, 6) is 0.124. The normalized spacial score (nSPS) is 12.5. The molecule has 3 nitrogen and oxygen atoms in total. The number of aromatic nitrogens is 1. The van der Waals surface area contributed by atoms with Gasteiger partial charge < -0.3 is 4.57 Å². The Kier molecular flexibility index (Phi) is 3.72. The summed E-state index contributed by atoms with van der Waals surface area (Å²) in [6.07, 6.45) is 1.98. The van der Waals surface area contributed by atoms with E-state index in [2.05, 4.69) is 17.6 Å². The van der Waals surface area contributed by atoms with E-state index >= 15 is 0 Å². The van der Waals surface area contributed by atoms with Gasteiger partial charge in [-0.05, 0) is 44.9 Å². The Morgan fingerprint density at radius 2 is 1.95 bits per heavy atom. The molecule has 0 aliphatic rings. The molecule has 19 heavy (non-hydrogen) atoms. The van der Waals surface area contributed by atoms with E-state index in [-0.39, 0.29) is 11.0 Å². The molecule has 0 N–H and O–H groups in total. The lowest BCUT2D eigenvalue weighted by Crippen LogP contribution is -2.15. The van der Waals surface area contributed by atoms with Crippen molar-refractivity contribution in [1.82, 2.24) is 4.57 Å². The van der Waals surface area contributed by atoms with E-state index in [1.165, 1.54) is 0 Å². The Balaban J connectivity index is 2.62. The molecule has 4 heteroatoms. The van der Waals surface area contributed by atoms with Crippen LogP contribution >= 0.6 is 0 Å². The fraction of sp³-hybridized carbons (Fsp3) is 0.467. The van der Waals surface area contributed by atoms with Crippen LogP contribution in [-0.2, 0) is 22.1 Å². The summed E-state index contributed by atoms with van der Waals surface area (Å²) in [5, 5.41) is 0.755. The molecule has 104 valence electrons. The van der Waals surface area contributed by atoms with E-state index in [4.69, 9.17) is 0 Å². The lowest BCUT2D eigenvalue weighted by atomic mass is 10.1. The van der Waals surface area contributed by atoms with Crippen molar-refractivity contribution in [2.45, 2.75) is 45.2 Å². The minimum Gasteiger partial charge on any atom is -0.347 e. The highest BCUT2D eigenvalue weighted by Crippen LogP contribution is 2.27. The lowest BCUT2D eigenvalue weighted by Gasteiger charge is -2.07. The van der Waals surface area contributed by atoms with Gasteiger partial charge in [-0.15, -0.1) is 0 Å². The number of fused-ring (bicyclic) bond motifs is 1. The molecule has 0 amide bonds. The van der Waals surface area contributed by atoms with Crippen molar-refractivity contribution in [3.8, 4) is 0 Å².